The van der Waals surface area contributed by atoms with Crippen LogP contribution in [-0.2, 0) is 13.7 Å². The van der Waals surface area contributed by atoms with Crippen LogP contribution in [0.25, 0.3) is 39.4 Å². The molecule has 0 aliphatic heterocycles. The van der Waals surface area contributed by atoms with E-state index in [1.807, 2.05) is 64.9 Å². The first kappa shape index (κ1) is 24.1. The highest BCUT2D eigenvalue weighted by Gasteiger charge is 2.31. The third kappa shape index (κ3) is 4.09. The fourth-order valence-electron chi connectivity index (χ4n) is 5.33. The Kier molecular flexibility index (Phi) is 6.30. The number of hydrogen-bond acceptors (Lipinski definition) is 7. The highest BCUT2D eigenvalue weighted by Crippen LogP contribution is 2.43. The highest BCUT2D eigenvalue weighted by atomic mass is 16.5. The van der Waals surface area contributed by atoms with Crippen molar-refractivity contribution in [3.05, 3.63) is 72.7 Å². The van der Waals surface area contributed by atoms with Gasteiger partial charge >= 0.3 is 0 Å². The number of aliphatic hydroxyl groups is 2. The van der Waals surface area contributed by atoms with Gasteiger partial charge < -0.3 is 24.8 Å². The molecule has 6 rings (SSSR count). The maximum Gasteiger partial charge on any atom is 0.218 e. The number of hydrogen-bond donors (Lipinski definition) is 3. The molecule has 5 aromatic rings. The number of nitrogens with zero attached hydrogens (tertiary/aromatic N) is 5. The zero-order valence-electron chi connectivity index (χ0n) is 21.4. The van der Waals surface area contributed by atoms with Crippen LogP contribution in [-0.4, -0.2) is 54.1 Å². The number of ether oxygens (including phenoxy) is 1. The van der Waals surface area contributed by atoms with Crippen LogP contribution in [0.15, 0.2) is 67.1 Å². The fraction of sp³-hybridized carbons (Fsp3) is 0.276. The lowest BCUT2D eigenvalue weighted by molar-refractivity contribution is 0.151. The van der Waals surface area contributed by atoms with Crippen molar-refractivity contribution in [1.82, 2.24) is 24.1 Å². The summed E-state index contributed by atoms with van der Waals surface area (Å²) in [4.78, 5) is 9.47. The zero-order valence-corrected chi connectivity index (χ0v) is 21.4. The predicted octanol–water partition coefficient (Wildman–Crippen LogP) is 4.15. The number of aryl methyl sites for hydroxylation is 1. The molecule has 0 unspecified atom stereocenters. The third-order valence-electron chi connectivity index (χ3n) is 7.35. The molecule has 0 amide bonds. The van der Waals surface area contributed by atoms with Crippen LogP contribution in [0.3, 0.4) is 0 Å². The van der Waals surface area contributed by atoms with E-state index in [1.54, 1.807) is 13.3 Å². The van der Waals surface area contributed by atoms with Gasteiger partial charge in [-0.05, 0) is 36.0 Å². The van der Waals surface area contributed by atoms with Gasteiger partial charge in [0.1, 0.15) is 11.3 Å². The largest absolute Gasteiger partial charge is 0.496 e. The molecular formula is C29H30N6O3. The zero-order chi connectivity index (χ0) is 26.2. The summed E-state index contributed by atoms with van der Waals surface area (Å²) in [7, 11) is 3.53. The number of anilines is 1. The molecule has 1 fully saturated rings. The van der Waals surface area contributed by atoms with E-state index in [0.29, 0.717) is 34.7 Å². The van der Waals surface area contributed by atoms with Gasteiger partial charge in [0.25, 0.3) is 0 Å². The second-order valence-corrected chi connectivity index (χ2v) is 9.73. The van der Waals surface area contributed by atoms with Gasteiger partial charge in [-0.3, -0.25) is 0 Å². The summed E-state index contributed by atoms with van der Waals surface area (Å²) in [6.07, 6.45) is 7.34. The van der Waals surface area contributed by atoms with E-state index in [1.165, 1.54) is 0 Å². The molecule has 2 aromatic carbocycles. The van der Waals surface area contributed by atoms with Crippen molar-refractivity contribution in [3.63, 3.8) is 0 Å². The van der Waals surface area contributed by atoms with E-state index < -0.39 is 0 Å². The molecule has 0 saturated heterocycles. The van der Waals surface area contributed by atoms with Gasteiger partial charge in [-0.25, -0.2) is 14.5 Å². The molecule has 9 nitrogen and oxygen atoms in total. The lowest BCUT2D eigenvalue weighted by atomic mass is 9.81. The van der Waals surface area contributed by atoms with Gasteiger partial charge in [-0.2, -0.15) is 0 Å². The number of fused-ring (bicyclic) bond motifs is 1. The molecule has 194 valence electrons. The topological polar surface area (TPSA) is 110 Å². The molecule has 1 saturated carbocycles. The smallest absolute Gasteiger partial charge is 0.218 e. The Hall–Kier alpha value is -4.21. The van der Waals surface area contributed by atoms with E-state index in [2.05, 4.69) is 22.4 Å². The Labute approximate surface area is 220 Å². The van der Waals surface area contributed by atoms with Crippen molar-refractivity contribution >= 4 is 11.3 Å². The number of methoxy groups -OCH3 is 1. The minimum Gasteiger partial charge on any atom is -0.496 e. The maximum atomic E-state index is 10.3. The molecule has 38 heavy (non-hydrogen) atoms. The van der Waals surface area contributed by atoms with E-state index in [-0.39, 0.29) is 19.3 Å². The van der Waals surface area contributed by atoms with Crippen LogP contribution < -0.4 is 10.1 Å². The Morgan fingerprint density at radius 1 is 1.05 bits per heavy atom. The summed E-state index contributed by atoms with van der Waals surface area (Å²) in [5.74, 6) is 2.80. The second-order valence-electron chi connectivity index (χ2n) is 9.73. The summed E-state index contributed by atoms with van der Waals surface area (Å²) in [6, 6.07) is 16.1. The van der Waals surface area contributed by atoms with Crippen molar-refractivity contribution in [2.45, 2.75) is 25.5 Å². The van der Waals surface area contributed by atoms with E-state index in [0.717, 1.165) is 40.6 Å². The SMILES string of the molecule is COc1cccc(-c2cn3nc(-c4nccn4C)nc(NC4CC(CO)C4)c3c2-c2ccccc2)c1CO. The van der Waals surface area contributed by atoms with Crippen LogP contribution in [0.1, 0.15) is 18.4 Å². The molecule has 3 heterocycles. The van der Waals surface area contributed by atoms with Crippen LogP contribution >= 0.6 is 0 Å². The van der Waals surface area contributed by atoms with Gasteiger partial charge in [0.05, 0.1) is 13.7 Å². The fourth-order valence-corrected chi connectivity index (χ4v) is 5.33. The van der Waals surface area contributed by atoms with Gasteiger partial charge in [0, 0.05) is 55.0 Å². The molecule has 9 heteroatoms. The highest BCUT2D eigenvalue weighted by molar-refractivity contribution is 6.00. The third-order valence-corrected chi connectivity index (χ3v) is 7.35. The summed E-state index contributed by atoms with van der Waals surface area (Å²) in [5, 5.41) is 28.4. The van der Waals surface area contributed by atoms with Gasteiger partial charge in [-0.15, -0.1) is 5.10 Å². The van der Waals surface area contributed by atoms with E-state index in [9.17, 15) is 10.2 Å². The number of aliphatic hydroxyl groups excluding tert-OH is 2. The summed E-state index contributed by atoms with van der Waals surface area (Å²) in [6.45, 7) is 0.0277. The van der Waals surface area contributed by atoms with Crippen molar-refractivity contribution in [2.24, 2.45) is 13.0 Å². The number of rotatable bonds is 8. The number of benzene rings is 2. The van der Waals surface area contributed by atoms with Crippen LogP contribution in [0, 0.1) is 5.92 Å². The quantitative estimate of drug-likeness (QED) is 0.288. The molecule has 1 aliphatic rings. The Morgan fingerprint density at radius 3 is 2.55 bits per heavy atom. The molecule has 3 N–H and O–H groups in total. The van der Waals surface area contributed by atoms with Crippen molar-refractivity contribution in [2.75, 3.05) is 19.0 Å². The standard InChI is InChI=1S/C29H30N6O3/c1-34-12-11-30-29(34)28-32-27(31-20-13-18(14-20)16-36)26-25(19-7-4-3-5-8-19)22(15-35(26)33-28)21-9-6-10-24(38-2)23(21)17-37/h3-12,15,18,20,36-37H,13-14,16-17H2,1-2H3,(H,31,32,33). The first-order valence-corrected chi connectivity index (χ1v) is 12.7. The van der Waals surface area contributed by atoms with E-state index >= 15 is 0 Å². The Bertz CT molecular complexity index is 1590. The first-order chi connectivity index (χ1) is 18.6. The van der Waals surface area contributed by atoms with E-state index in [4.69, 9.17) is 14.8 Å². The normalized spacial score (nSPS) is 16.9. The van der Waals surface area contributed by atoms with Crippen molar-refractivity contribution < 1.29 is 14.9 Å². The predicted molar refractivity (Wildman–Crippen MR) is 146 cm³/mol. The number of aromatic nitrogens is 5. The summed E-state index contributed by atoms with van der Waals surface area (Å²) < 4.78 is 9.33. The Balaban J connectivity index is 1.64. The average molecular weight is 511 g/mol. The van der Waals surface area contributed by atoms with Crippen LogP contribution in [0.5, 0.6) is 5.75 Å². The molecule has 0 atom stereocenters. The number of imidazole rings is 1. The van der Waals surface area contributed by atoms with Gasteiger partial charge in [0.2, 0.25) is 5.82 Å². The molecule has 0 radical (unpaired) electrons. The lowest BCUT2D eigenvalue weighted by Gasteiger charge is -2.35. The molecular weight excluding hydrogens is 480 g/mol. The van der Waals surface area contributed by atoms with Crippen molar-refractivity contribution in [1.29, 1.82) is 0 Å². The summed E-state index contributed by atoms with van der Waals surface area (Å²) >= 11 is 0. The van der Waals surface area contributed by atoms with Gasteiger partial charge in [0.15, 0.2) is 11.6 Å². The molecule has 1 aliphatic carbocycles. The molecule has 3 aromatic heterocycles. The number of nitrogens with one attached hydrogen (secondary N) is 1. The lowest BCUT2D eigenvalue weighted by Crippen LogP contribution is -2.37. The van der Waals surface area contributed by atoms with Crippen molar-refractivity contribution in [3.8, 4) is 39.7 Å². The first-order valence-electron chi connectivity index (χ1n) is 12.7. The molecule has 0 bridgehead atoms. The minimum absolute atomic E-state index is 0.167. The van der Waals surface area contributed by atoms with Gasteiger partial charge in [-0.1, -0.05) is 42.5 Å². The minimum atomic E-state index is -0.167. The monoisotopic (exact) mass is 510 g/mol. The molecule has 0 spiro atoms. The Morgan fingerprint density at radius 2 is 1.87 bits per heavy atom. The summed E-state index contributed by atoms with van der Waals surface area (Å²) in [5.41, 5.74) is 5.29. The van der Waals surface area contributed by atoms with Crippen LogP contribution in [0.2, 0.25) is 0 Å². The van der Waals surface area contributed by atoms with Crippen LogP contribution in [0.4, 0.5) is 5.82 Å². The maximum absolute atomic E-state index is 10.3. The average Bonchev–Trinajstić information content (AvgIpc) is 3.53. The second kappa shape index (κ2) is 9.92.